The van der Waals surface area contributed by atoms with Gasteiger partial charge in [0.2, 0.25) is 0 Å². The fourth-order valence-electron chi connectivity index (χ4n) is 4.45. The van der Waals surface area contributed by atoms with Crippen LogP contribution >= 0.6 is 23.6 Å². The van der Waals surface area contributed by atoms with Gasteiger partial charge in [0.1, 0.15) is 16.2 Å². The number of aryl methyl sites for hydroxylation is 1. The molecule has 7 heteroatoms. The zero-order valence-electron chi connectivity index (χ0n) is 23.3. The summed E-state index contributed by atoms with van der Waals surface area (Å²) in [4.78, 5) is 9.04. The van der Waals surface area contributed by atoms with Gasteiger partial charge in [0.05, 0.1) is 17.2 Å². The maximum Gasteiger partial charge on any atom is 0.181 e. The predicted octanol–water partition coefficient (Wildman–Crippen LogP) is 9.15. The molecule has 0 atom stereocenters. The van der Waals surface area contributed by atoms with Crippen LogP contribution in [0.25, 0.3) is 21.7 Å². The Kier molecular flexibility index (Phi) is 10.2. The van der Waals surface area contributed by atoms with E-state index in [-0.39, 0.29) is 5.41 Å². The number of H-pyrrole nitrogens is 1. The van der Waals surface area contributed by atoms with Gasteiger partial charge in [-0.15, -0.1) is 0 Å². The number of nitrogens with two attached hydrogens (primary N) is 1. The number of benzene rings is 2. The third-order valence-corrected chi connectivity index (χ3v) is 7.76. The number of nitrogens with zero attached hydrogens (tertiary/aromatic N) is 1. The van der Waals surface area contributed by atoms with Gasteiger partial charge in [0.25, 0.3) is 0 Å². The standard InChI is InChI=1S/C32H40N4OS2/c1-32(2,3)19-21-37-25-15-10-14-24(22-25)30-29(36-31(33)39-30)26-16-8-7-13-23(26)12-6-4-5-9-20-34-27-17-11-18-28(38)35-27/h7-8,10-11,13-18,22H,4-6,9,12,19-21H2,1-3H3,(H2,33,36)(H2,34,35,38). The highest BCUT2D eigenvalue weighted by atomic mass is 32.1. The van der Waals surface area contributed by atoms with Gasteiger partial charge >= 0.3 is 0 Å². The summed E-state index contributed by atoms with van der Waals surface area (Å²) < 4.78 is 6.84. The summed E-state index contributed by atoms with van der Waals surface area (Å²) in [6.45, 7) is 8.33. The number of nitrogen functional groups attached to an aromatic ring is 1. The van der Waals surface area contributed by atoms with Crippen molar-refractivity contribution in [1.29, 1.82) is 0 Å². The lowest BCUT2D eigenvalue weighted by molar-refractivity contribution is 0.243. The largest absolute Gasteiger partial charge is 0.494 e. The minimum atomic E-state index is 0.244. The fraction of sp³-hybridized carbons (Fsp3) is 0.375. The van der Waals surface area contributed by atoms with Crippen LogP contribution in [0.3, 0.4) is 0 Å². The van der Waals surface area contributed by atoms with Crippen LogP contribution in [-0.4, -0.2) is 23.1 Å². The van der Waals surface area contributed by atoms with E-state index in [1.807, 2.05) is 30.3 Å². The quantitative estimate of drug-likeness (QED) is 0.112. The maximum absolute atomic E-state index is 6.25. The van der Waals surface area contributed by atoms with E-state index in [0.29, 0.717) is 11.7 Å². The molecule has 0 aliphatic rings. The van der Waals surface area contributed by atoms with Crippen molar-refractivity contribution in [3.8, 4) is 27.4 Å². The van der Waals surface area contributed by atoms with Gasteiger partial charge in [0, 0.05) is 12.1 Å². The SMILES string of the molecule is CC(C)(C)CCOc1cccc(-c2sc(N)nc2-c2ccccc2CCCCCCNc2cccc(=S)[nH]2)c1. The average molecular weight is 561 g/mol. The van der Waals surface area contributed by atoms with Crippen molar-refractivity contribution in [1.82, 2.24) is 9.97 Å². The molecule has 0 bridgehead atoms. The van der Waals surface area contributed by atoms with Gasteiger partial charge in [0.15, 0.2) is 5.13 Å². The minimum absolute atomic E-state index is 0.244. The molecule has 2 aromatic carbocycles. The highest BCUT2D eigenvalue weighted by Gasteiger charge is 2.17. The van der Waals surface area contributed by atoms with E-state index in [1.165, 1.54) is 35.3 Å². The van der Waals surface area contributed by atoms with Crippen LogP contribution in [0.4, 0.5) is 10.9 Å². The average Bonchev–Trinajstić information content (AvgIpc) is 3.29. The van der Waals surface area contributed by atoms with Crippen LogP contribution in [0.5, 0.6) is 5.75 Å². The summed E-state index contributed by atoms with van der Waals surface area (Å²) in [5.74, 6) is 1.86. The van der Waals surface area contributed by atoms with Gasteiger partial charge in [-0.2, -0.15) is 0 Å². The minimum Gasteiger partial charge on any atom is -0.494 e. The van der Waals surface area contributed by atoms with Crippen LogP contribution in [0, 0.1) is 10.1 Å². The Morgan fingerprint density at radius 3 is 2.59 bits per heavy atom. The number of ether oxygens (including phenoxy) is 1. The zero-order chi connectivity index (χ0) is 27.7. The van der Waals surface area contributed by atoms with Gasteiger partial charge in [-0.05, 0) is 66.5 Å². The number of hydrogen-bond acceptors (Lipinski definition) is 6. The molecule has 0 amide bonds. The monoisotopic (exact) mass is 560 g/mol. The Morgan fingerprint density at radius 1 is 0.974 bits per heavy atom. The van der Waals surface area contributed by atoms with Crippen molar-refractivity contribution >= 4 is 34.5 Å². The molecule has 206 valence electrons. The number of hydrogen-bond donors (Lipinski definition) is 3. The fourth-order valence-corrected chi connectivity index (χ4v) is 5.49. The summed E-state index contributed by atoms with van der Waals surface area (Å²) in [7, 11) is 0. The highest BCUT2D eigenvalue weighted by molar-refractivity contribution is 7.71. The van der Waals surface area contributed by atoms with Crippen molar-refractivity contribution in [3.63, 3.8) is 0 Å². The summed E-state index contributed by atoms with van der Waals surface area (Å²) >= 11 is 6.72. The molecule has 4 N–H and O–H groups in total. The third-order valence-electron chi connectivity index (χ3n) is 6.59. The van der Waals surface area contributed by atoms with E-state index in [2.05, 4.69) is 67.5 Å². The summed E-state index contributed by atoms with van der Waals surface area (Å²) in [6, 6.07) is 22.8. The number of rotatable bonds is 13. The van der Waals surface area contributed by atoms with E-state index >= 15 is 0 Å². The van der Waals surface area contributed by atoms with E-state index in [0.717, 1.165) is 64.6 Å². The molecule has 0 saturated heterocycles. The summed E-state index contributed by atoms with van der Waals surface area (Å²) in [6.07, 6.45) is 6.64. The Hall–Kier alpha value is -3.16. The van der Waals surface area contributed by atoms with E-state index in [9.17, 15) is 0 Å². The number of pyridine rings is 1. The molecule has 39 heavy (non-hydrogen) atoms. The normalized spacial score (nSPS) is 11.5. The van der Waals surface area contributed by atoms with Crippen LogP contribution in [-0.2, 0) is 6.42 Å². The van der Waals surface area contributed by atoms with E-state index in [4.69, 9.17) is 27.7 Å². The Morgan fingerprint density at radius 2 is 1.77 bits per heavy atom. The first kappa shape index (κ1) is 28.8. The van der Waals surface area contributed by atoms with Crippen molar-refractivity contribution in [2.24, 2.45) is 5.41 Å². The lowest BCUT2D eigenvalue weighted by Gasteiger charge is -2.18. The van der Waals surface area contributed by atoms with Crippen LogP contribution < -0.4 is 15.8 Å². The first-order valence-electron chi connectivity index (χ1n) is 13.8. The number of nitrogens with one attached hydrogen (secondary N) is 2. The second kappa shape index (κ2) is 13.8. The Balaban J connectivity index is 1.37. The lowest BCUT2D eigenvalue weighted by Crippen LogP contribution is -2.11. The summed E-state index contributed by atoms with van der Waals surface area (Å²) in [5.41, 5.74) is 11.0. The first-order valence-corrected chi connectivity index (χ1v) is 15.0. The molecule has 0 fully saturated rings. The molecular formula is C32H40N4OS2. The van der Waals surface area contributed by atoms with Crippen molar-refractivity contribution in [2.75, 3.05) is 24.2 Å². The van der Waals surface area contributed by atoms with Gasteiger partial charge in [-0.25, -0.2) is 4.98 Å². The van der Waals surface area contributed by atoms with Gasteiger partial charge < -0.3 is 20.8 Å². The zero-order valence-corrected chi connectivity index (χ0v) is 24.9. The molecule has 0 unspecified atom stereocenters. The molecule has 0 radical (unpaired) electrons. The first-order chi connectivity index (χ1) is 18.8. The smallest absolute Gasteiger partial charge is 0.181 e. The molecule has 2 aromatic heterocycles. The van der Waals surface area contributed by atoms with E-state index < -0.39 is 0 Å². The van der Waals surface area contributed by atoms with E-state index in [1.54, 1.807) is 0 Å². The predicted molar refractivity (Wildman–Crippen MR) is 169 cm³/mol. The van der Waals surface area contributed by atoms with Crippen LogP contribution in [0.15, 0.2) is 66.7 Å². The maximum atomic E-state index is 6.25. The molecule has 0 spiro atoms. The second-order valence-electron chi connectivity index (χ2n) is 11.1. The van der Waals surface area contributed by atoms with Crippen LogP contribution in [0.1, 0.15) is 58.4 Å². The molecule has 0 saturated carbocycles. The van der Waals surface area contributed by atoms with Gasteiger partial charge in [-0.3, -0.25) is 0 Å². The molecule has 4 rings (SSSR count). The van der Waals surface area contributed by atoms with Crippen LogP contribution in [0.2, 0.25) is 0 Å². The molecule has 4 aromatic rings. The molecular weight excluding hydrogens is 521 g/mol. The Bertz CT molecular complexity index is 1400. The third kappa shape index (κ3) is 8.94. The molecule has 2 heterocycles. The highest BCUT2D eigenvalue weighted by Crippen LogP contribution is 2.40. The lowest BCUT2D eigenvalue weighted by atomic mass is 9.93. The number of aromatic nitrogens is 2. The number of anilines is 2. The number of aromatic amines is 1. The summed E-state index contributed by atoms with van der Waals surface area (Å²) in [5, 5.41) is 4.00. The number of thiazole rings is 1. The second-order valence-corrected chi connectivity index (χ2v) is 12.6. The van der Waals surface area contributed by atoms with Crippen molar-refractivity contribution < 1.29 is 4.74 Å². The van der Waals surface area contributed by atoms with Crippen molar-refractivity contribution in [3.05, 3.63) is 76.9 Å². The topological polar surface area (TPSA) is 76.0 Å². The Labute approximate surface area is 241 Å². The molecule has 0 aliphatic carbocycles. The molecule has 0 aliphatic heterocycles. The van der Waals surface area contributed by atoms with Gasteiger partial charge in [-0.1, -0.05) is 99.6 Å². The molecule has 5 nitrogen and oxygen atoms in total. The van der Waals surface area contributed by atoms with Crippen molar-refractivity contribution in [2.45, 2.75) is 59.3 Å². The number of unbranched alkanes of at least 4 members (excludes halogenated alkanes) is 3.